The molecule has 0 spiro atoms. The molecule has 0 aromatic carbocycles. The van der Waals surface area contributed by atoms with Crippen LogP contribution in [0.1, 0.15) is 26.2 Å². The summed E-state index contributed by atoms with van der Waals surface area (Å²) in [6.07, 6.45) is 4.31. The summed E-state index contributed by atoms with van der Waals surface area (Å²) in [6.45, 7) is 1.86. The molecule has 0 saturated heterocycles. The number of carboxylic acid groups (broad SMARTS) is 1. The zero-order valence-electron chi connectivity index (χ0n) is 6.54. The average Bonchev–Trinajstić information content (AvgIpc) is 1.86. The first-order valence-corrected chi connectivity index (χ1v) is 3.51. The highest BCUT2D eigenvalue weighted by atomic mass is 16.4. The number of ketones is 1. The molecule has 62 valence electrons. The zero-order chi connectivity index (χ0) is 8.69. The van der Waals surface area contributed by atoms with Gasteiger partial charge in [0.2, 0.25) is 0 Å². The topological polar surface area (TPSA) is 54.4 Å². The van der Waals surface area contributed by atoms with Gasteiger partial charge in [-0.15, -0.1) is 0 Å². The Hall–Kier alpha value is -1.12. The fourth-order valence-corrected chi connectivity index (χ4v) is 0.668. The van der Waals surface area contributed by atoms with E-state index in [1.165, 1.54) is 0 Å². The van der Waals surface area contributed by atoms with Gasteiger partial charge in [0.25, 0.3) is 0 Å². The van der Waals surface area contributed by atoms with Crippen molar-refractivity contribution < 1.29 is 14.7 Å². The number of carbonyl (C=O) groups excluding carboxylic acids is 1. The third kappa shape index (κ3) is 6.77. The van der Waals surface area contributed by atoms with Gasteiger partial charge in [0.05, 0.1) is 0 Å². The van der Waals surface area contributed by atoms with Crippen LogP contribution < -0.4 is 0 Å². The van der Waals surface area contributed by atoms with Crippen molar-refractivity contribution in [3.63, 3.8) is 0 Å². The predicted molar refractivity (Wildman–Crippen MR) is 41.3 cm³/mol. The molecule has 0 aromatic heterocycles. The summed E-state index contributed by atoms with van der Waals surface area (Å²) in [7, 11) is 0. The van der Waals surface area contributed by atoms with Gasteiger partial charge in [0, 0.05) is 6.42 Å². The number of allylic oxidation sites excluding steroid dienone is 2. The average molecular weight is 156 g/mol. The Bertz CT molecular complexity index is 170. The molecule has 3 nitrogen and oxygen atoms in total. The Balaban J connectivity index is 3.45. The van der Waals surface area contributed by atoms with Crippen LogP contribution in [0.25, 0.3) is 0 Å². The third-order valence-corrected chi connectivity index (χ3v) is 1.17. The second kappa shape index (κ2) is 5.65. The van der Waals surface area contributed by atoms with Crippen molar-refractivity contribution in [1.82, 2.24) is 0 Å². The van der Waals surface area contributed by atoms with E-state index in [2.05, 4.69) is 0 Å². The summed E-state index contributed by atoms with van der Waals surface area (Å²) >= 11 is 0. The van der Waals surface area contributed by atoms with Gasteiger partial charge >= 0.3 is 5.97 Å². The van der Waals surface area contributed by atoms with Gasteiger partial charge in [0.1, 0.15) is 12.2 Å². The Kier molecular flexibility index (Phi) is 5.07. The Morgan fingerprint density at radius 1 is 1.45 bits per heavy atom. The minimum absolute atomic E-state index is 0.212. The molecule has 0 radical (unpaired) electrons. The number of carboxylic acids is 1. The summed E-state index contributed by atoms with van der Waals surface area (Å²) in [5.41, 5.74) is 0. The summed E-state index contributed by atoms with van der Waals surface area (Å²) in [5, 5.41) is 8.20. The van der Waals surface area contributed by atoms with E-state index in [0.717, 1.165) is 0 Å². The van der Waals surface area contributed by atoms with E-state index in [0.29, 0.717) is 12.8 Å². The number of aliphatic carboxylic acids is 1. The van der Waals surface area contributed by atoms with E-state index in [1.54, 1.807) is 0 Å². The van der Waals surface area contributed by atoms with Gasteiger partial charge in [-0.2, -0.15) is 0 Å². The van der Waals surface area contributed by atoms with Gasteiger partial charge in [-0.25, -0.2) is 0 Å². The molecule has 0 amide bonds. The minimum Gasteiger partial charge on any atom is -0.481 e. The zero-order valence-corrected chi connectivity index (χ0v) is 6.54. The minimum atomic E-state index is -1.05. The molecule has 0 aliphatic heterocycles. The molecule has 11 heavy (non-hydrogen) atoms. The van der Waals surface area contributed by atoms with Crippen molar-refractivity contribution in [2.45, 2.75) is 26.2 Å². The highest BCUT2D eigenvalue weighted by Crippen LogP contribution is 1.96. The maximum atomic E-state index is 10.7. The predicted octanol–water partition coefficient (Wildman–Crippen LogP) is 1.39. The molecule has 0 aliphatic carbocycles. The smallest absolute Gasteiger partial charge is 0.310 e. The largest absolute Gasteiger partial charge is 0.481 e. The van der Waals surface area contributed by atoms with Crippen LogP contribution in [0, 0.1) is 0 Å². The summed E-state index contributed by atoms with van der Waals surface area (Å²) in [6, 6.07) is 0. The van der Waals surface area contributed by atoms with Gasteiger partial charge < -0.3 is 5.11 Å². The lowest BCUT2D eigenvalue weighted by molar-refractivity contribution is -0.140. The maximum Gasteiger partial charge on any atom is 0.310 e. The van der Waals surface area contributed by atoms with E-state index in [-0.39, 0.29) is 12.2 Å². The fraction of sp³-hybridized carbons (Fsp3) is 0.500. The molecule has 1 N–H and O–H groups in total. The molecular weight excluding hydrogens is 144 g/mol. The van der Waals surface area contributed by atoms with Crippen LogP contribution >= 0.6 is 0 Å². The normalized spacial score (nSPS) is 10.3. The monoisotopic (exact) mass is 156 g/mol. The van der Waals surface area contributed by atoms with Gasteiger partial charge in [-0.05, 0) is 13.3 Å². The van der Waals surface area contributed by atoms with Crippen LogP contribution in [-0.4, -0.2) is 16.9 Å². The number of carbonyl (C=O) groups is 2. The molecule has 0 heterocycles. The van der Waals surface area contributed by atoms with Crippen molar-refractivity contribution in [2.75, 3.05) is 0 Å². The van der Waals surface area contributed by atoms with Crippen LogP contribution in [0.2, 0.25) is 0 Å². The van der Waals surface area contributed by atoms with Crippen LogP contribution in [0.5, 0.6) is 0 Å². The fourth-order valence-electron chi connectivity index (χ4n) is 0.668. The molecular formula is C8H12O3. The maximum absolute atomic E-state index is 10.7. The Labute approximate surface area is 65.7 Å². The molecule has 0 aliphatic rings. The van der Waals surface area contributed by atoms with E-state index in [1.807, 2.05) is 19.1 Å². The standard InChI is InChI=1S/C8H12O3/c1-2-3-4-5-7(9)6-8(10)11/h2-3H,4-6H2,1H3,(H,10,11). The van der Waals surface area contributed by atoms with Gasteiger partial charge in [-0.3, -0.25) is 9.59 Å². The number of rotatable bonds is 5. The summed E-state index contributed by atoms with van der Waals surface area (Å²) in [5.74, 6) is -1.26. The number of hydrogen-bond acceptors (Lipinski definition) is 2. The molecule has 0 aromatic rings. The third-order valence-electron chi connectivity index (χ3n) is 1.17. The molecule has 0 fully saturated rings. The van der Waals surface area contributed by atoms with Gasteiger partial charge in [0.15, 0.2) is 0 Å². The van der Waals surface area contributed by atoms with Gasteiger partial charge in [-0.1, -0.05) is 12.2 Å². The second-order valence-corrected chi connectivity index (χ2v) is 2.22. The van der Waals surface area contributed by atoms with Crippen LogP contribution in [-0.2, 0) is 9.59 Å². The molecule has 0 atom stereocenters. The first kappa shape index (κ1) is 9.88. The van der Waals surface area contributed by atoms with Crippen LogP contribution in [0.4, 0.5) is 0 Å². The van der Waals surface area contributed by atoms with E-state index in [4.69, 9.17) is 5.11 Å². The second-order valence-electron chi connectivity index (χ2n) is 2.22. The lowest BCUT2D eigenvalue weighted by Gasteiger charge is -1.91. The Morgan fingerprint density at radius 3 is 2.55 bits per heavy atom. The molecule has 3 heteroatoms. The van der Waals surface area contributed by atoms with E-state index >= 15 is 0 Å². The highest BCUT2D eigenvalue weighted by Gasteiger charge is 2.05. The van der Waals surface area contributed by atoms with Crippen molar-refractivity contribution in [2.24, 2.45) is 0 Å². The summed E-state index contributed by atoms with van der Waals surface area (Å²) in [4.78, 5) is 20.7. The SMILES string of the molecule is CC=CCCC(=O)CC(=O)O. The van der Waals surface area contributed by atoms with Crippen LogP contribution in [0.3, 0.4) is 0 Å². The quantitative estimate of drug-likeness (QED) is 0.483. The van der Waals surface area contributed by atoms with E-state index < -0.39 is 5.97 Å². The van der Waals surface area contributed by atoms with Crippen molar-refractivity contribution in [3.8, 4) is 0 Å². The lowest BCUT2D eigenvalue weighted by Crippen LogP contribution is -2.05. The number of hydrogen-bond donors (Lipinski definition) is 1. The lowest BCUT2D eigenvalue weighted by atomic mass is 10.1. The first-order chi connectivity index (χ1) is 5.16. The van der Waals surface area contributed by atoms with E-state index in [9.17, 15) is 9.59 Å². The first-order valence-electron chi connectivity index (χ1n) is 3.51. The molecule has 0 saturated carbocycles. The molecule has 0 rings (SSSR count). The Morgan fingerprint density at radius 2 is 2.09 bits per heavy atom. The van der Waals surface area contributed by atoms with Crippen molar-refractivity contribution >= 4 is 11.8 Å². The molecule has 0 unspecified atom stereocenters. The summed E-state index contributed by atoms with van der Waals surface area (Å²) < 4.78 is 0. The number of Topliss-reactive ketones (excluding diaryl/α,β-unsaturated/α-hetero) is 1. The van der Waals surface area contributed by atoms with Crippen molar-refractivity contribution in [1.29, 1.82) is 0 Å². The molecule has 0 bridgehead atoms. The van der Waals surface area contributed by atoms with Crippen LogP contribution in [0.15, 0.2) is 12.2 Å². The highest BCUT2D eigenvalue weighted by molar-refractivity contribution is 5.94. The van der Waals surface area contributed by atoms with Crippen molar-refractivity contribution in [3.05, 3.63) is 12.2 Å².